The van der Waals surface area contributed by atoms with Gasteiger partial charge in [-0.1, -0.05) is 27.7 Å². The summed E-state index contributed by atoms with van der Waals surface area (Å²) in [5.74, 6) is 0.442. The fourth-order valence-electron chi connectivity index (χ4n) is 5.86. The van der Waals surface area contributed by atoms with E-state index >= 15 is 0 Å². The van der Waals surface area contributed by atoms with Crippen LogP contribution in [0.4, 0.5) is 11.8 Å². The fraction of sp³-hybridized carbons (Fsp3) is 0.586. The summed E-state index contributed by atoms with van der Waals surface area (Å²) < 4.78 is 1.78. The predicted octanol–water partition coefficient (Wildman–Crippen LogP) is 1.72. The Hall–Kier alpha value is -3.84. The number of rotatable bonds is 9. The van der Waals surface area contributed by atoms with Crippen molar-refractivity contribution < 1.29 is 19.8 Å². The zero-order chi connectivity index (χ0) is 30.2. The highest BCUT2D eigenvalue weighted by molar-refractivity contribution is 5.94. The highest BCUT2D eigenvalue weighted by atomic mass is 16.3. The number of pyridine rings is 1. The Bertz CT molecular complexity index is 1450. The van der Waals surface area contributed by atoms with E-state index in [1.54, 1.807) is 36.3 Å². The Morgan fingerprint density at radius 2 is 1.98 bits per heavy atom. The van der Waals surface area contributed by atoms with Gasteiger partial charge in [0.25, 0.3) is 0 Å². The smallest absolute Gasteiger partial charge is 0.249 e. The molecule has 42 heavy (non-hydrogen) atoms. The minimum Gasteiger partial charge on any atom is -0.388 e. The molecule has 0 bridgehead atoms. The van der Waals surface area contributed by atoms with Gasteiger partial charge in [-0.2, -0.15) is 9.97 Å². The number of primary amides is 1. The molecule has 1 saturated heterocycles. The third kappa shape index (κ3) is 6.02. The van der Waals surface area contributed by atoms with Crippen LogP contribution in [0.15, 0.2) is 24.8 Å². The first-order valence-electron chi connectivity index (χ1n) is 14.6. The van der Waals surface area contributed by atoms with E-state index in [2.05, 4.69) is 46.3 Å². The van der Waals surface area contributed by atoms with Gasteiger partial charge in [0.15, 0.2) is 17.0 Å². The Balaban J connectivity index is 1.48. The predicted molar refractivity (Wildman–Crippen MR) is 158 cm³/mol. The number of hydrogen-bond donors (Lipinski definition) is 5. The number of nitrogens with two attached hydrogens (primary N) is 1. The SMILES string of the molecule is CCC(=O)N[C@H]1C[C@@H](n2cnc3c(NCCC(C)(C)C)nc(N4CC[C@H](c5cnccc5C(N)=O)C4)nc32)[C@H](O)[C@@H]1O. The molecule has 13 heteroatoms. The summed E-state index contributed by atoms with van der Waals surface area (Å²) in [7, 11) is 0. The number of amides is 2. The zero-order valence-corrected chi connectivity index (χ0v) is 24.6. The van der Waals surface area contributed by atoms with Crippen molar-refractivity contribution in [2.45, 2.75) is 83.6 Å². The number of fused-ring (bicyclic) bond motifs is 1. The number of aromatic nitrogens is 5. The minimum atomic E-state index is -1.12. The van der Waals surface area contributed by atoms with E-state index in [0.29, 0.717) is 54.5 Å². The molecule has 1 aliphatic carbocycles. The number of nitrogens with zero attached hydrogens (tertiary/aromatic N) is 6. The van der Waals surface area contributed by atoms with Crippen LogP contribution < -0.4 is 21.3 Å². The second-order valence-electron chi connectivity index (χ2n) is 12.5. The molecular weight excluding hydrogens is 538 g/mol. The van der Waals surface area contributed by atoms with Crippen molar-refractivity contribution in [3.05, 3.63) is 35.9 Å². The maximum absolute atomic E-state index is 12.1. The molecule has 1 saturated carbocycles. The minimum absolute atomic E-state index is 0.0254. The van der Waals surface area contributed by atoms with Crippen LogP contribution in [-0.4, -0.2) is 84.4 Å². The summed E-state index contributed by atoms with van der Waals surface area (Å²) in [4.78, 5) is 44.8. The van der Waals surface area contributed by atoms with E-state index < -0.39 is 30.2 Å². The summed E-state index contributed by atoms with van der Waals surface area (Å²) in [6.45, 7) is 10.2. The molecule has 13 nitrogen and oxygen atoms in total. The van der Waals surface area contributed by atoms with E-state index in [1.807, 2.05) is 0 Å². The van der Waals surface area contributed by atoms with Crippen LogP contribution in [0.25, 0.3) is 11.2 Å². The Kier molecular flexibility index (Phi) is 8.33. The number of anilines is 2. The molecule has 4 heterocycles. The molecule has 1 aliphatic heterocycles. The van der Waals surface area contributed by atoms with E-state index in [1.165, 1.54) is 0 Å². The Labute approximate surface area is 245 Å². The van der Waals surface area contributed by atoms with Crippen molar-refractivity contribution in [3.63, 3.8) is 0 Å². The maximum Gasteiger partial charge on any atom is 0.249 e. The van der Waals surface area contributed by atoms with Crippen LogP contribution in [0.1, 0.15) is 81.3 Å². The van der Waals surface area contributed by atoms with Crippen molar-refractivity contribution in [2.24, 2.45) is 11.1 Å². The molecule has 6 N–H and O–H groups in total. The number of aliphatic hydroxyl groups excluding tert-OH is 2. The number of nitrogens with one attached hydrogen (secondary N) is 2. The highest BCUT2D eigenvalue weighted by Crippen LogP contribution is 2.36. The molecule has 2 fully saturated rings. The van der Waals surface area contributed by atoms with Gasteiger partial charge >= 0.3 is 0 Å². The Morgan fingerprint density at radius 1 is 1.19 bits per heavy atom. The lowest BCUT2D eigenvalue weighted by Gasteiger charge is -2.21. The number of carbonyl (C=O) groups excluding carboxylic acids is 2. The summed E-state index contributed by atoms with van der Waals surface area (Å²) >= 11 is 0. The number of aliphatic hydroxyl groups is 2. The summed E-state index contributed by atoms with van der Waals surface area (Å²) in [5, 5.41) is 28.0. The van der Waals surface area contributed by atoms with Gasteiger partial charge in [-0.05, 0) is 36.3 Å². The molecule has 2 amide bonds. The van der Waals surface area contributed by atoms with E-state index in [0.717, 1.165) is 18.4 Å². The van der Waals surface area contributed by atoms with Gasteiger partial charge in [0.2, 0.25) is 17.8 Å². The molecule has 0 aromatic carbocycles. The number of carbonyl (C=O) groups is 2. The highest BCUT2D eigenvalue weighted by Gasteiger charge is 2.44. The summed E-state index contributed by atoms with van der Waals surface area (Å²) in [6, 6.07) is 0.520. The average Bonchev–Trinajstić information content (AvgIpc) is 3.67. The number of hydrogen-bond acceptors (Lipinski definition) is 10. The Morgan fingerprint density at radius 3 is 2.69 bits per heavy atom. The van der Waals surface area contributed by atoms with Gasteiger partial charge in [0, 0.05) is 49.9 Å². The van der Waals surface area contributed by atoms with Crippen LogP contribution in [-0.2, 0) is 4.79 Å². The first kappa shape index (κ1) is 29.6. The zero-order valence-electron chi connectivity index (χ0n) is 24.6. The van der Waals surface area contributed by atoms with Crippen molar-refractivity contribution in [2.75, 3.05) is 29.9 Å². The average molecular weight is 580 g/mol. The second kappa shape index (κ2) is 11.8. The van der Waals surface area contributed by atoms with Gasteiger partial charge < -0.3 is 36.0 Å². The topological polar surface area (TPSA) is 184 Å². The van der Waals surface area contributed by atoms with Gasteiger partial charge in [-0.3, -0.25) is 14.6 Å². The second-order valence-corrected chi connectivity index (χ2v) is 12.5. The lowest BCUT2D eigenvalue weighted by atomic mass is 9.92. The van der Waals surface area contributed by atoms with Crippen molar-refractivity contribution in [1.29, 1.82) is 0 Å². The third-order valence-electron chi connectivity index (χ3n) is 8.28. The third-order valence-corrected chi connectivity index (χ3v) is 8.28. The molecule has 5 atom stereocenters. The standard InChI is InChI=1S/C29H41N9O4/c1-5-21(39)34-19-12-20(24(41)23(19)40)38-15-33-22-26(32-10-8-29(2,3)4)35-28(36-27(22)38)37-11-7-16(14-37)18-13-31-9-6-17(18)25(30)42/h6,9,13,15-16,19-20,23-24,40-41H,5,7-8,10-12,14H2,1-4H3,(H2,30,42)(H,34,39)(H,32,35,36)/t16-,19-,20+,23+,24-/m0/s1. The number of imidazole rings is 1. The molecule has 0 spiro atoms. The van der Waals surface area contributed by atoms with E-state index in [9.17, 15) is 19.8 Å². The molecule has 226 valence electrons. The van der Waals surface area contributed by atoms with Gasteiger partial charge in [-0.15, -0.1) is 0 Å². The van der Waals surface area contributed by atoms with Crippen LogP contribution in [0.3, 0.4) is 0 Å². The lowest BCUT2D eigenvalue weighted by Crippen LogP contribution is -2.42. The summed E-state index contributed by atoms with van der Waals surface area (Å²) in [5.41, 5.74) is 8.12. The lowest BCUT2D eigenvalue weighted by molar-refractivity contribution is -0.122. The maximum atomic E-state index is 12.1. The normalized spacial score (nSPS) is 24.3. The fourth-order valence-corrected chi connectivity index (χ4v) is 5.86. The van der Waals surface area contributed by atoms with Crippen molar-refractivity contribution in [3.8, 4) is 0 Å². The van der Waals surface area contributed by atoms with Crippen LogP contribution in [0, 0.1) is 5.41 Å². The quantitative estimate of drug-likeness (QED) is 0.250. The van der Waals surface area contributed by atoms with Gasteiger partial charge in [0.05, 0.1) is 18.4 Å². The largest absolute Gasteiger partial charge is 0.388 e. The van der Waals surface area contributed by atoms with Gasteiger partial charge in [0.1, 0.15) is 12.2 Å². The molecule has 3 aromatic rings. The molecule has 0 radical (unpaired) electrons. The first-order chi connectivity index (χ1) is 20.0. The van der Waals surface area contributed by atoms with E-state index in [4.69, 9.17) is 15.7 Å². The molecule has 0 unspecified atom stereocenters. The molecular formula is C29H41N9O4. The van der Waals surface area contributed by atoms with Crippen molar-refractivity contribution >= 4 is 34.7 Å². The monoisotopic (exact) mass is 579 g/mol. The first-order valence-corrected chi connectivity index (χ1v) is 14.6. The van der Waals surface area contributed by atoms with E-state index in [-0.39, 0.29) is 23.7 Å². The van der Waals surface area contributed by atoms with Crippen molar-refractivity contribution in [1.82, 2.24) is 29.8 Å². The van der Waals surface area contributed by atoms with Crippen LogP contribution >= 0.6 is 0 Å². The molecule has 5 rings (SSSR count). The van der Waals surface area contributed by atoms with Crippen LogP contribution in [0.2, 0.25) is 0 Å². The van der Waals surface area contributed by atoms with Crippen LogP contribution in [0.5, 0.6) is 0 Å². The summed E-state index contributed by atoms with van der Waals surface area (Å²) in [6.07, 6.45) is 4.94. The molecule has 2 aliphatic rings. The van der Waals surface area contributed by atoms with Gasteiger partial charge in [-0.25, -0.2) is 4.98 Å². The molecule has 3 aromatic heterocycles.